The summed E-state index contributed by atoms with van der Waals surface area (Å²) in [5.41, 5.74) is 4.33. The molecule has 0 saturated heterocycles. The fourth-order valence-electron chi connectivity index (χ4n) is 4.09. The minimum absolute atomic E-state index is 0.117. The first-order chi connectivity index (χ1) is 16.8. The van der Waals surface area contributed by atoms with Gasteiger partial charge < -0.3 is 15.7 Å². The van der Waals surface area contributed by atoms with Crippen LogP contribution in [-0.4, -0.2) is 37.5 Å². The van der Waals surface area contributed by atoms with E-state index in [4.69, 9.17) is 0 Å². The predicted molar refractivity (Wildman–Crippen MR) is 138 cm³/mol. The van der Waals surface area contributed by atoms with Gasteiger partial charge in [0.15, 0.2) is 0 Å². The van der Waals surface area contributed by atoms with Gasteiger partial charge in [-0.05, 0) is 56.0 Å². The van der Waals surface area contributed by atoms with Gasteiger partial charge in [0.25, 0.3) is 5.91 Å². The van der Waals surface area contributed by atoms with Crippen molar-refractivity contribution >= 4 is 35.3 Å². The van der Waals surface area contributed by atoms with Crippen LogP contribution in [0.2, 0.25) is 0 Å². The Kier molecular flexibility index (Phi) is 7.25. The number of fused-ring (bicyclic) bond motifs is 1. The number of benzene rings is 2. The van der Waals surface area contributed by atoms with Gasteiger partial charge in [0, 0.05) is 17.1 Å². The zero-order chi connectivity index (χ0) is 25.1. The Morgan fingerprint density at radius 3 is 2.66 bits per heavy atom. The van der Waals surface area contributed by atoms with Gasteiger partial charge >= 0.3 is 5.97 Å². The molecule has 1 aliphatic heterocycles. The number of amides is 1. The number of carbonyl (C=O) groups is 2. The summed E-state index contributed by atoms with van der Waals surface area (Å²) in [6.07, 6.45) is 2.10. The smallest absolute Gasteiger partial charge is 0.336 e. The van der Waals surface area contributed by atoms with Crippen molar-refractivity contribution < 1.29 is 14.7 Å². The fraction of sp³-hybridized carbons (Fsp3) is 0.308. The molecule has 4 rings (SSSR count). The van der Waals surface area contributed by atoms with Crippen LogP contribution in [0.3, 0.4) is 0 Å². The van der Waals surface area contributed by atoms with E-state index in [1.54, 1.807) is 47.6 Å². The lowest BCUT2D eigenvalue weighted by Gasteiger charge is -2.29. The molecule has 1 aliphatic rings. The predicted octanol–water partition coefficient (Wildman–Crippen LogP) is 5.41. The Bertz CT molecular complexity index is 1310. The first-order valence-electron chi connectivity index (χ1n) is 11.6. The number of unbranched alkanes of at least 4 members (excludes halogenated alkanes) is 1. The Balaban J connectivity index is 1.81. The number of allylic oxidation sites excluding steroid dienone is 1. The molecule has 35 heavy (non-hydrogen) atoms. The molecule has 0 aliphatic carbocycles. The number of carbonyl (C=O) groups excluding carboxylic acids is 1. The van der Waals surface area contributed by atoms with Crippen molar-refractivity contribution in [2.24, 2.45) is 0 Å². The zero-order valence-electron chi connectivity index (χ0n) is 20.3. The molecule has 1 aromatic heterocycles. The molecule has 1 unspecified atom stereocenters. The van der Waals surface area contributed by atoms with Crippen molar-refractivity contribution in [1.82, 2.24) is 14.8 Å². The van der Waals surface area contributed by atoms with E-state index in [1.165, 1.54) is 0 Å². The Morgan fingerprint density at radius 1 is 1.14 bits per heavy atom. The minimum atomic E-state index is -1.06. The van der Waals surface area contributed by atoms with Crippen LogP contribution in [0.25, 0.3) is 0 Å². The van der Waals surface area contributed by atoms with E-state index in [9.17, 15) is 14.7 Å². The highest BCUT2D eigenvalue weighted by Crippen LogP contribution is 2.38. The van der Waals surface area contributed by atoms with Crippen LogP contribution < -0.4 is 10.6 Å². The number of nitrogens with zero attached hydrogens (tertiary/aromatic N) is 3. The molecule has 2 aromatic carbocycles. The van der Waals surface area contributed by atoms with Gasteiger partial charge in [0.05, 0.1) is 11.1 Å². The van der Waals surface area contributed by atoms with Gasteiger partial charge in [-0.3, -0.25) is 4.79 Å². The number of anilines is 2. The Morgan fingerprint density at radius 2 is 1.91 bits per heavy atom. The highest BCUT2D eigenvalue weighted by molar-refractivity contribution is 7.99. The number of nitrogens with one attached hydrogen (secondary N) is 2. The maximum Gasteiger partial charge on any atom is 0.336 e. The fourth-order valence-corrected chi connectivity index (χ4v) is 5.00. The van der Waals surface area contributed by atoms with Crippen molar-refractivity contribution in [3.63, 3.8) is 0 Å². The normalized spacial score (nSPS) is 14.9. The standard InChI is InChI=1S/C26H29N5O3S/c1-5-6-14-35-26-29-25-27-17(4)21(23(32)28-20-13-9-10-15(2)16(20)3)22(31(25)30-26)18-11-7-8-12-19(18)24(33)34/h7-13,22H,5-6,14H2,1-4H3,(H,28,32)(H,33,34)(H,27,29,30). The number of hydrogen-bond acceptors (Lipinski definition) is 6. The summed E-state index contributed by atoms with van der Waals surface area (Å²) in [5, 5.41) is 21.4. The van der Waals surface area contributed by atoms with Crippen molar-refractivity contribution in [1.29, 1.82) is 0 Å². The summed E-state index contributed by atoms with van der Waals surface area (Å²) in [7, 11) is 0. The number of carboxylic acid groups (broad SMARTS) is 1. The van der Waals surface area contributed by atoms with Crippen molar-refractivity contribution in [3.8, 4) is 0 Å². The van der Waals surface area contributed by atoms with Crippen LogP contribution in [0.5, 0.6) is 0 Å². The second-order valence-corrected chi connectivity index (χ2v) is 9.59. The van der Waals surface area contributed by atoms with Crippen molar-refractivity contribution in [2.75, 3.05) is 16.4 Å². The molecule has 9 heteroatoms. The van der Waals surface area contributed by atoms with Crippen LogP contribution >= 0.6 is 11.8 Å². The number of aromatic carboxylic acids is 1. The van der Waals surface area contributed by atoms with E-state index < -0.39 is 12.0 Å². The molecule has 2 heterocycles. The molecule has 1 amide bonds. The largest absolute Gasteiger partial charge is 0.478 e. The molecule has 0 radical (unpaired) electrons. The van der Waals surface area contributed by atoms with Gasteiger partial charge in [-0.2, -0.15) is 4.98 Å². The van der Waals surface area contributed by atoms with Crippen LogP contribution in [0, 0.1) is 13.8 Å². The minimum Gasteiger partial charge on any atom is -0.478 e. The zero-order valence-corrected chi connectivity index (χ0v) is 21.1. The van der Waals surface area contributed by atoms with Gasteiger partial charge in [0.1, 0.15) is 6.04 Å². The molecule has 0 saturated carbocycles. The van der Waals surface area contributed by atoms with Crippen LogP contribution in [0.15, 0.2) is 58.9 Å². The first-order valence-corrected chi connectivity index (χ1v) is 12.6. The summed E-state index contributed by atoms with van der Waals surface area (Å²) in [6.45, 7) is 7.87. The maximum absolute atomic E-state index is 13.7. The van der Waals surface area contributed by atoms with Crippen LogP contribution in [0.1, 0.15) is 59.8 Å². The summed E-state index contributed by atoms with van der Waals surface area (Å²) >= 11 is 1.54. The number of aromatic nitrogens is 3. The second-order valence-electron chi connectivity index (χ2n) is 8.52. The van der Waals surface area contributed by atoms with E-state index in [0.29, 0.717) is 33.6 Å². The summed E-state index contributed by atoms with van der Waals surface area (Å²) in [6, 6.07) is 11.7. The van der Waals surface area contributed by atoms with Crippen LogP contribution in [-0.2, 0) is 4.79 Å². The Hall–Kier alpha value is -3.59. The molecule has 8 nitrogen and oxygen atoms in total. The molecule has 182 valence electrons. The quantitative estimate of drug-likeness (QED) is 0.285. The number of aryl methyl sites for hydroxylation is 1. The van der Waals surface area contributed by atoms with E-state index >= 15 is 0 Å². The average molecular weight is 492 g/mol. The molecular weight excluding hydrogens is 462 g/mol. The lowest BCUT2D eigenvalue weighted by molar-refractivity contribution is -0.113. The SMILES string of the molecule is CCCCSc1nc2n(n1)C(c1ccccc1C(=O)O)C(C(=O)Nc1cccc(C)c1C)=C(C)N2. The first kappa shape index (κ1) is 24.5. The van der Waals surface area contributed by atoms with Gasteiger partial charge in [0.2, 0.25) is 11.1 Å². The molecule has 3 aromatic rings. The van der Waals surface area contributed by atoms with Gasteiger partial charge in [-0.15, -0.1) is 5.10 Å². The molecule has 3 N–H and O–H groups in total. The third-order valence-electron chi connectivity index (χ3n) is 6.15. The summed E-state index contributed by atoms with van der Waals surface area (Å²) in [5.74, 6) is -0.0293. The van der Waals surface area contributed by atoms with E-state index in [-0.39, 0.29) is 11.5 Å². The van der Waals surface area contributed by atoms with Gasteiger partial charge in [-0.25, -0.2) is 9.48 Å². The van der Waals surface area contributed by atoms with E-state index in [0.717, 1.165) is 29.7 Å². The maximum atomic E-state index is 13.7. The summed E-state index contributed by atoms with van der Waals surface area (Å²) in [4.78, 5) is 30.4. The Labute approximate surface area is 208 Å². The lowest BCUT2D eigenvalue weighted by atomic mass is 9.91. The number of carboxylic acids is 1. The highest BCUT2D eigenvalue weighted by atomic mass is 32.2. The topological polar surface area (TPSA) is 109 Å². The van der Waals surface area contributed by atoms with Crippen LogP contribution in [0.4, 0.5) is 11.6 Å². The van der Waals surface area contributed by atoms with Crippen molar-refractivity contribution in [3.05, 3.63) is 76.0 Å². The number of rotatable bonds is 8. The number of thioether (sulfide) groups is 1. The second kappa shape index (κ2) is 10.4. The molecule has 1 atom stereocenters. The van der Waals surface area contributed by atoms with E-state index in [2.05, 4.69) is 27.6 Å². The molecular formula is C26H29N5O3S. The highest BCUT2D eigenvalue weighted by Gasteiger charge is 2.36. The summed E-state index contributed by atoms with van der Waals surface area (Å²) < 4.78 is 1.63. The molecule has 0 spiro atoms. The average Bonchev–Trinajstić information content (AvgIpc) is 3.23. The van der Waals surface area contributed by atoms with Gasteiger partial charge in [-0.1, -0.05) is 55.4 Å². The third kappa shape index (κ3) is 4.95. The van der Waals surface area contributed by atoms with Crippen molar-refractivity contribution in [2.45, 2.75) is 51.7 Å². The third-order valence-corrected chi connectivity index (χ3v) is 7.07. The lowest BCUT2D eigenvalue weighted by Crippen LogP contribution is -2.32. The van der Waals surface area contributed by atoms with E-state index in [1.807, 2.05) is 32.0 Å². The number of hydrogen-bond donors (Lipinski definition) is 3. The molecule has 0 bridgehead atoms. The monoisotopic (exact) mass is 491 g/mol. The molecule has 0 fully saturated rings.